The van der Waals surface area contributed by atoms with Gasteiger partial charge in [-0.15, -0.1) is 6.58 Å². The summed E-state index contributed by atoms with van der Waals surface area (Å²) in [5.41, 5.74) is -0.891. The van der Waals surface area contributed by atoms with E-state index in [2.05, 4.69) is 6.58 Å². The lowest BCUT2D eigenvalue weighted by molar-refractivity contribution is 0.101. The maximum absolute atomic E-state index is 11.7. The summed E-state index contributed by atoms with van der Waals surface area (Å²) in [6.07, 6.45) is 4.64. The first-order valence-corrected chi connectivity index (χ1v) is 5.41. The van der Waals surface area contributed by atoms with Gasteiger partial charge < -0.3 is 0 Å². The lowest BCUT2D eigenvalue weighted by Gasteiger charge is -2.08. The minimum absolute atomic E-state index is 0.0469. The van der Waals surface area contributed by atoms with Crippen LogP contribution in [0.5, 0.6) is 0 Å². The van der Waals surface area contributed by atoms with Gasteiger partial charge in [-0.3, -0.25) is 18.7 Å². The number of aromatic nitrogens is 2. The topological polar surface area (TPSA) is 61.1 Å². The van der Waals surface area contributed by atoms with Crippen molar-refractivity contribution < 1.29 is 4.79 Å². The molecular weight excluding hydrogens is 220 g/mol. The van der Waals surface area contributed by atoms with E-state index in [1.165, 1.54) is 24.7 Å². The van der Waals surface area contributed by atoms with Gasteiger partial charge in [0.1, 0.15) is 0 Å². The van der Waals surface area contributed by atoms with Gasteiger partial charge in [-0.05, 0) is 19.8 Å². The van der Waals surface area contributed by atoms with E-state index in [4.69, 9.17) is 0 Å². The standard InChI is InChI=1S/C12H16N2O3/c1-4-5-6-7-14-8-10(9(2)15)11(16)13(3)12(14)17/h4,8H,1,5-7H2,2-3H3. The Morgan fingerprint density at radius 2 is 2.12 bits per heavy atom. The maximum Gasteiger partial charge on any atom is 0.330 e. The number of rotatable bonds is 5. The minimum Gasteiger partial charge on any atom is -0.300 e. The van der Waals surface area contributed by atoms with Gasteiger partial charge in [-0.25, -0.2) is 4.79 Å². The Morgan fingerprint density at radius 3 is 2.65 bits per heavy atom. The van der Waals surface area contributed by atoms with Crippen LogP contribution in [0.25, 0.3) is 0 Å². The van der Waals surface area contributed by atoms with Gasteiger partial charge in [0, 0.05) is 19.8 Å². The summed E-state index contributed by atoms with van der Waals surface area (Å²) < 4.78 is 2.35. The summed E-state index contributed by atoms with van der Waals surface area (Å²) in [4.78, 5) is 34.6. The van der Waals surface area contributed by atoms with Gasteiger partial charge in [-0.1, -0.05) is 6.08 Å². The van der Waals surface area contributed by atoms with E-state index in [1.807, 2.05) is 0 Å². The second-order valence-corrected chi connectivity index (χ2v) is 3.87. The summed E-state index contributed by atoms with van der Waals surface area (Å²) in [6, 6.07) is 0. The third-order valence-electron chi connectivity index (χ3n) is 2.54. The molecule has 0 aliphatic carbocycles. The number of nitrogens with zero attached hydrogens (tertiary/aromatic N) is 2. The van der Waals surface area contributed by atoms with Crippen molar-refractivity contribution in [1.82, 2.24) is 9.13 Å². The molecule has 5 nitrogen and oxygen atoms in total. The summed E-state index contributed by atoms with van der Waals surface area (Å²) >= 11 is 0. The van der Waals surface area contributed by atoms with Crippen molar-refractivity contribution in [2.24, 2.45) is 7.05 Å². The fraction of sp³-hybridized carbons (Fsp3) is 0.417. The highest BCUT2D eigenvalue weighted by Gasteiger charge is 2.11. The predicted octanol–water partition coefficient (Wildman–Crippen LogP) is 0.716. The molecule has 0 aliphatic rings. The molecule has 0 unspecified atom stereocenters. The predicted molar refractivity (Wildman–Crippen MR) is 65.4 cm³/mol. The highest BCUT2D eigenvalue weighted by molar-refractivity contribution is 5.93. The van der Waals surface area contributed by atoms with Crippen LogP contribution in [0.2, 0.25) is 0 Å². The molecule has 1 heterocycles. The molecule has 0 saturated carbocycles. The Morgan fingerprint density at radius 1 is 1.47 bits per heavy atom. The smallest absolute Gasteiger partial charge is 0.300 e. The molecule has 1 aromatic heterocycles. The lowest BCUT2D eigenvalue weighted by atomic mass is 10.2. The van der Waals surface area contributed by atoms with Gasteiger partial charge in [0.25, 0.3) is 5.56 Å². The number of carbonyl (C=O) groups is 1. The summed E-state index contributed by atoms with van der Waals surface area (Å²) in [5.74, 6) is -0.330. The summed E-state index contributed by atoms with van der Waals surface area (Å²) in [6.45, 7) is 5.38. The second-order valence-electron chi connectivity index (χ2n) is 3.87. The number of Topliss-reactive ketones (excluding diaryl/α,β-unsaturated/α-hetero) is 1. The fourth-order valence-electron chi connectivity index (χ4n) is 1.53. The maximum atomic E-state index is 11.7. The van der Waals surface area contributed by atoms with E-state index in [0.29, 0.717) is 6.54 Å². The Bertz CT molecular complexity index is 552. The third kappa shape index (κ3) is 2.81. The number of ketones is 1. The first kappa shape index (κ1) is 13.2. The van der Waals surface area contributed by atoms with Crippen molar-refractivity contribution in [2.45, 2.75) is 26.3 Å². The Kier molecular flexibility index (Phi) is 4.20. The summed E-state index contributed by atoms with van der Waals surface area (Å²) in [7, 11) is 1.38. The van der Waals surface area contributed by atoms with Crippen molar-refractivity contribution in [3.8, 4) is 0 Å². The third-order valence-corrected chi connectivity index (χ3v) is 2.54. The van der Waals surface area contributed by atoms with Crippen LogP contribution in [-0.2, 0) is 13.6 Å². The number of aryl methyl sites for hydroxylation is 1. The van der Waals surface area contributed by atoms with E-state index in [0.717, 1.165) is 17.4 Å². The zero-order valence-corrected chi connectivity index (χ0v) is 10.1. The molecule has 0 amide bonds. The molecule has 0 aromatic carbocycles. The molecule has 0 saturated heterocycles. The zero-order valence-electron chi connectivity index (χ0n) is 10.1. The van der Waals surface area contributed by atoms with Crippen LogP contribution in [0.1, 0.15) is 30.1 Å². The largest absolute Gasteiger partial charge is 0.330 e. The SMILES string of the molecule is C=CCCCn1cc(C(C)=O)c(=O)n(C)c1=O. The van der Waals surface area contributed by atoms with E-state index < -0.39 is 11.2 Å². The molecule has 1 aromatic rings. The number of carbonyl (C=O) groups excluding carboxylic acids is 1. The number of allylic oxidation sites excluding steroid dienone is 1. The van der Waals surface area contributed by atoms with Gasteiger partial charge >= 0.3 is 5.69 Å². The van der Waals surface area contributed by atoms with Crippen molar-refractivity contribution >= 4 is 5.78 Å². The van der Waals surface area contributed by atoms with Gasteiger partial charge in [-0.2, -0.15) is 0 Å². The van der Waals surface area contributed by atoms with Crippen molar-refractivity contribution in [1.29, 1.82) is 0 Å². The molecular formula is C12H16N2O3. The minimum atomic E-state index is -0.539. The van der Waals surface area contributed by atoms with Crippen molar-refractivity contribution in [3.05, 3.63) is 45.3 Å². The molecule has 0 radical (unpaired) electrons. The fourth-order valence-corrected chi connectivity index (χ4v) is 1.53. The highest BCUT2D eigenvalue weighted by atomic mass is 16.2. The van der Waals surface area contributed by atoms with E-state index in [1.54, 1.807) is 6.08 Å². The van der Waals surface area contributed by atoms with Crippen LogP contribution < -0.4 is 11.2 Å². The van der Waals surface area contributed by atoms with E-state index >= 15 is 0 Å². The van der Waals surface area contributed by atoms with Crippen LogP contribution in [0, 0.1) is 0 Å². The molecule has 0 atom stereocenters. The molecule has 0 fully saturated rings. The Balaban J connectivity index is 3.23. The lowest BCUT2D eigenvalue weighted by Crippen LogP contribution is -2.40. The molecule has 0 spiro atoms. The quantitative estimate of drug-likeness (QED) is 0.430. The first-order valence-electron chi connectivity index (χ1n) is 5.41. The number of unbranched alkanes of at least 4 members (excludes halogenated alkanes) is 1. The van der Waals surface area contributed by atoms with Gasteiger partial charge in [0.15, 0.2) is 5.78 Å². The zero-order chi connectivity index (χ0) is 13.0. The average molecular weight is 236 g/mol. The number of hydrogen-bond donors (Lipinski definition) is 0. The molecule has 92 valence electrons. The Hall–Kier alpha value is -1.91. The van der Waals surface area contributed by atoms with Crippen LogP contribution in [0.3, 0.4) is 0 Å². The highest BCUT2D eigenvalue weighted by Crippen LogP contribution is 1.95. The molecule has 0 bridgehead atoms. The molecule has 0 aliphatic heterocycles. The van der Waals surface area contributed by atoms with Crippen molar-refractivity contribution in [3.63, 3.8) is 0 Å². The van der Waals surface area contributed by atoms with Gasteiger partial charge in [0.05, 0.1) is 5.56 Å². The second kappa shape index (κ2) is 5.43. The molecule has 17 heavy (non-hydrogen) atoms. The monoisotopic (exact) mass is 236 g/mol. The molecule has 5 heteroatoms. The van der Waals surface area contributed by atoms with E-state index in [-0.39, 0.29) is 11.3 Å². The number of hydrogen-bond acceptors (Lipinski definition) is 3. The van der Waals surface area contributed by atoms with Crippen LogP contribution >= 0.6 is 0 Å². The molecule has 0 N–H and O–H groups in total. The van der Waals surface area contributed by atoms with Crippen LogP contribution in [0.4, 0.5) is 0 Å². The van der Waals surface area contributed by atoms with Crippen LogP contribution in [0.15, 0.2) is 28.4 Å². The first-order chi connectivity index (χ1) is 7.99. The summed E-state index contributed by atoms with van der Waals surface area (Å²) in [5, 5.41) is 0. The van der Waals surface area contributed by atoms with Crippen molar-refractivity contribution in [2.75, 3.05) is 0 Å². The normalized spacial score (nSPS) is 10.2. The van der Waals surface area contributed by atoms with Gasteiger partial charge in [0.2, 0.25) is 0 Å². The average Bonchev–Trinajstić information content (AvgIpc) is 2.29. The molecule has 1 rings (SSSR count). The Labute approximate surface area is 99.0 Å². The van der Waals surface area contributed by atoms with Crippen LogP contribution in [-0.4, -0.2) is 14.9 Å². The van der Waals surface area contributed by atoms with E-state index in [9.17, 15) is 14.4 Å².